The molecular formula is C21H21N5O2S. The van der Waals surface area contributed by atoms with Crippen LogP contribution < -0.4 is 10.6 Å². The van der Waals surface area contributed by atoms with Crippen molar-refractivity contribution in [2.75, 3.05) is 12.4 Å². The molecule has 4 rings (SSSR count). The van der Waals surface area contributed by atoms with E-state index in [9.17, 15) is 0 Å². The molecule has 0 saturated heterocycles. The van der Waals surface area contributed by atoms with Crippen molar-refractivity contribution >= 4 is 11.8 Å². The number of aryl methyl sites for hydroxylation is 1. The SMILES string of the molecule is CCOc1ccc(-c2nnc(SCc3coc(-c4ccc(C)cc4)n3)n2N)cc1. The molecule has 29 heavy (non-hydrogen) atoms. The van der Waals surface area contributed by atoms with Gasteiger partial charge in [0.2, 0.25) is 11.0 Å². The molecule has 0 aliphatic rings. The fourth-order valence-corrected chi connectivity index (χ4v) is 3.51. The molecule has 0 fully saturated rings. The van der Waals surface area contributed by atoms with Crippen LogP contribution in [0.2, 0.25) is 0 Å². The zero-order chi connectivity index (χ0) is 20.2. The number of ether oxygens (including phenoxy) is 1. The van der Waals surface area contributed by atoms with Crippen LogP contribution >= 0.6 is 11.8 Å². The predicted octanol–water partition coefficient (Wildman–Crippen LogP) is 4.31. The van der Waals surface area contributed by atoms with Crippen LogP contribution in [0.1, 0.15) is 18.2 Å². The molecule has 2 heterocycles. The Balaban J connectivity index is 1.44. The summed E-state index contributed by atoms with van der Waals surface area (Å²) in [6.45, 7) is 4.62. The number of oxazole rings is 1. The molecule has 0 aliphatic heterocycles. The van der Waals surface area contributed by atoms with Crippen molar-refractivity contribution in [3.63, 3.8) is 0 Å². The average Bonchev–Trinajstić information content (AvgIpc) is 3.35. The maximum atomic E-state index is 6.20. The first-order chi connectivity index (χ1) is 14.1. The van der Waals surface area contributed by atoms with E-state index >= 15 is 0 Å². The molecule has 0 spiro atoms. The highest BCUT2D eigenvalue weighted by Crippen LogP contribution is 2.27. The fourth-order valence-electron chi connectivity index (χ4n) is 2.78. The molecule has 8 heteroatoms. The monoisotopic (exact) mass is 407 g/mol. The van der Waals surface area contributed by atoms with Gasteiger partial charge < -0.3 is 15.0 Å². The normalized spacial score (nSPS) is 11.0. The second-order valence-corrected chi connectivity index (χ2v) is 7.37. The lowest BCUT2D eigenvalue weighted by atomic mass is 10.1. The van der Waals surface area contributed by atoms with Crippen molar-refractivity contribution in [2.24, 2.45) is 0 Å². The van der Waals surface area contributed by atoms with Gasteiger partial charge in [0.1, 0.15) is 12.0 Å². The number of rotatable bonds is 7. The van der Waals surface area contributed by atoms with Gasteiger partial charge in [-0.3, -0.25) is 0 Å². The lowest BCUT2D eigenvalue weighted by molar-refractivity contribution is 0.340. The zero-order valence-corrected chi connectivity index (χ0v) is 17.0. The first-order valence-corrected chi connectivity index (χ1v) is 10.2. The first-order valence-electron chi connectivity index (χ1n) is 9.22. The zero-order valence-electron chi connectivity index (χ0n) is 16.2. The van der Waals surface area contributed by atoms with E-state index in [4.69, 9.17) is 15.0 Å². The van der Waals surface area contributed by atoms with Crippen molar-refractivity contribution in [2.45, 2.75) is 24.8 Å². The number of nitrogen functional groups attached to an aromatic ring is 1. The summed E-state index contributed by atoms with van der Waals surface area (Å²) in [6.07, 6.45) is 1.66. The maximum Gasteiger partial charge on any atom is 0.226 e. The molecular weight excluding hydrogens is 386 g/mol. The van der Waals surface area contributed by atoms with Gasteiger partial charge in [0.15, 0.2) is 5.82 Å². The molecule has 0 amide bonds. The van der Waals surface area contributed by atoms with E-state index in [1.165, 1.54) is 22.0 Å². The van der Waals surface area contributed by atoms with E-state index in [2.05, 4.69) is 15.2 Å². The van der Waals surface area contributed by atoms with Gasteiger partial charge in [0.25, 0.3) is 0 Å². The molecule has 0 radical (unpaired) electrons. The number of nitrogens with two attached hydrogens (primary N) is 1. The largest absolute Gasteiger partial charge is 0.494 e. The van der Waals surface area contributed by atoms with E-state index in [0.29, 0.717) is 29.2 Å². The summed E-state index contributed by atoms with van der Waals surface area (Å²) >= 11 is 1.46. The maximum absolute atomic E-state index is 6.20. The summed E-state index contributed by atoms with van der Waals surface area (Å²) in [5.74, 6) is 8.78. The number of benzene rings is 2. The van der Waals surface area contributed by atoms with E-state index in [1.54, 1.807) is 6.26 Å². The lowest BCUT2D eigenvalue weighted by Crippen LogP contribution is -2.11. The van der Waals surface area contributed by atoms with Crippen LogP contribution in [0.15, 0.2) is 64.4 Å². The number of hydrogen-bond acceptors (Lipinski definition) is 7. The minimum atomic E-state index is 0.577. The van der Waals surface area contributed by atoms with Crippen molar-refractivity contribution < 1.29 is 9.15 Å². The van der Waals surface area contributed by atoms with E-state index in [1.807, 2.05) is 62.4 Å². The molecule has 2 aromatic carbocycles. The van der Waals surface area contributed by atoms with Crippen LogP contribution in [-0.4, -0.2) is 26.5 Å². The number of nitrogens with zero attached hydrogens (tertiary/aromatic N) is 4. The van der Waals surface area contributed by atoms with E-state index < -0.39 is 0 Å². The van der Waals surface area contributed by atoms with Gasteiger partial charge in [-0.1, -0.05) is 29.5 Å². The quantitative estimate of drug-likeness (QED) is 0.360. The van der Waals surface area contributed by atoms with Gasteiger partial charge in [0.05, 0.1) is 12.3 Å². The van der Waals surface area contributed by atoms with Crippen LogP contribution in [-0.2, 0) is 5.75 Å². The van der Waals surface area contributed by atoms with Gasteiger partial charge in [-0.15, -0.1) is 10.2 Å². The molecule has 0 saturated carbocycles. The molecule has 2 aromatic heterocycles. The molecule has 0 aliphatic carbocycles. The van der Waals surface area contributed by atoms with Crippen LogP contribution in [0.4, 0.5) is 0 Å². The minimum absolute atomic E-state index is 0.577. The van der Waals surface area contributed by atoms with Crippen LogP contribution in [0.25, 0.3) is 22.8 Å². The Morgan fingerprint density at radius 2 is 1.76 bits per heavy atom. The standard InChI is InChI=1S/C21H21N5O2S/c1-3-27-18-10-8-15(9-11-18)19-24-25-21(26(19)22)29-13-17-12-28-20(23-17)16-6-4-14(2)5-7-16/h4-12H,3,13,22H2,1-2H3. The van der Waals surface area contributed by atoms with Crippen molar-refractivity contribution in [3.8, 4) is 28.6 Å². The third-order valence-corrected chi connectivity index (χ3v) is 5.26. The Morgan fingerprint density at radius 1 is 1.03 bits per heavy atom. The molecule has 0 atom stereocenters. The second kappa shape index (κ2) is 8.40. The molecule has 148 valence electrons. The summed E-state index contributed by atoms with van der Waals surface area (Å²) < 4.78 is 12.6. The molecule has 4 aromatic rings. The Bertz CT molecular complexity index is 1090. The number of hydrogen-bond donors (Lipinski definition) is 1. The molecule has 0 unspecified atom stereocenters. The van der Waals surface area contributed by atoms with Crippen LogP contribution in [0.5, 0.6) is 5.75 Å². The Kier molecular flexibility index (Phi) is 5.53. The van der Waals surface area contributed by atoms with E-state index in [0.717, 1.165) is 22.6 Å². The highest BCUT2D eigenvalue weighted by Gasteiger charge is 2.14. The molecule has 7 nitrogen and oxygen atoms in total. The Hall–Kier alpha value is -3.26. The van der Waals surface area contributed by atoms with Gasteiger partial charge in [-0.2, -0.15) is 0 Å². The topological polar surface area (TPSA) is 92.0 Å². The van der Waals surface area contributed by atoms with Crippen molar-refractivity contribution in [1.82, 2.24) is 19.9 Å². The highest BCUT2D eigenvalue weighted by molar-refractivity contribution is 7.98. The third kappa shape index (κ3) is 4.27. The average molecular weight is 407 g/mol. The summed E-state index contributed by atoms with van der Waals surface area (Å²) in [7, 11) is 0. The molecule has 0 bridgehead atoms. The van der Waals surface area contributed by atoms with Gasteiger partial charge in [-0.05, 0) is 50.2 Å². The summed E-state index contributed by atoms with van der Waals surface area (Å²) in [5.41, 5.74) is 3.84. The minimum Gasteiger partial charge on any atom is -0.494 e. The molecule has 2 N–H and O–H groups in total. The lowest BCUT2D eigenvalue weighted by Gasteiger charge is -2.05. The smallest absolute Gasteiger partial charge is 0.226 e. The van der Waals surface area contributed by atoms with E-state index in [-0.39, 0.29) is 0 Å². The summed E-state index contributed by atoms with van der Waals surface area (Å²) in [4.78, 5) is 4.55. The number of thioether (sulfide) groups is 1. The van der Waals surface area contributed by atoms with Crippen LogP contribution in [0, 0.1) is 6.92 Å². The third-order valence-electron chi connectivity index (χ3n) is 4.29. The fraction of sp³-hybridized carbons (Fsp3) is 0.190. The second-order valence-electron chi connectivity index (χ2n) is 6.43. The van der Waals surface area contributed by atoms with Crippen molar-refractivity contribution in [1.29, 1.82) is 0 Å². The van der Waals surface area contributed by atoms with Crippen LogP contribution in [0.3, 0.4) is 0 Å². The Morgan fingerprint density at radius 3 is 2.48 bits per heavy atom. The first kappa shape index (κ1) is 19.1. The van der Waals surface area contributed by atoms with Gasteiger partial charge in [-0.25, -0.2) is 9.66 Å². The predicted molar refractivity (Wildman–Crippen MR) is 113 cm³/mol. The Labute approximate surface area is 172 Å². The van der Waals surface area contributed by atoms with Gasteiger partial charge >= 0.3 is 0 Å². The summed E-state index contributed by atoms with van der Waals surface area (Å²) in [6, 6.07) is 15.7. The summed E-state index contributed by atoms with van der Waals surface area (Å²) in [5, 5.41) is 9.02. The highest BCUT2D eigenvalue weighted by atomic mass is 32.2. The van der Waals surface area contributed by atoms with Gasteiger partial charge in [0, 0.05) is 16.9 Å². The number of aromatic nitrogens is 4. The van der Waals surface area contributed by atoms with Crippen molar-refractivity contribution in [3.05, 3.63) is 66.1 Å².